The fourth-order valence-corrected chi connectivity index (χ4v) is 4.27. The van der Waals surface area contributed by atoms with Gasteiger partial charge in [0.2, 0.25) is 0 Å². The van der Waals surface area contributed by atoms with Gasteiger partial charge in [-0.2, -0.15) is 0 Å². The van der Waals surface area contributed by atoms with Crippen LogP contribution in [-0.4, -0.2) is 50.4 Å². The van der Waals surface area contributed by atoms with Crippen LogP contribution in [-0.2, 0) is 53.0 Å². The summed E-state index contributed by atoms with van der Waals surface area (Å²) in [7, 11) is 1.56. The molecule has 0 amide bonds. The first-order chi connectivity index (χ1) is 18.1. The second-order valence-corrected chi connectivity index (χ2v) is 8.86. The van der Waals surface area contributed by atoms with Gasteiger partial charge in [-0.15, -0.1) is 0 Å². The van der Waals surface area contributed by atoms with E-state index >= 15 is 0 Å². The van der Waals surface area contributed by atoms with E-state index in [9.17, 15) is 4.79 Å². The molecule has 4 rings (SSSR count). The highest BCUT2D eigenvalue weighted by Gasteiger charge is 2.49. The zero-order valence-electron chi connectivity index (χ0n) is 21.2. The van der Waals surface area contributed by atoms with Crippen LogP contribution >= 0.6 is 0 Å². The Balaban J connectivity index is 1.60. The standard InChI is InChI=1S/C30H34O7/c1-22(31)33-21-26-27(34-18-23-12-6-3-7-13-23)28(35-19-24-14-8-4-9-15-24)29(30(32-2)37-26)36-20-25-16-10-5-11-17-25/h3-17,26-30H,18-21H2,1-2H3. The smallest absolute Gasteiger partial charge is 0.302 e. The van der Waals surface area contributed by atoms with E-state index in [2.05, 4.69) is 0 Å². The molecule has 3 aromatic rings. The Morgan fingerprint density at radius 2 is 1.11 bits per heavy atom. The highest BCUT2D eigenvalue weighted by Crippen LogP contribution is 2.31. The first-order valence-electron chi connectivity index (χ1n) is 12.4. The maximum Gasteiger partial charge on any atom is 0.302 e. The Kier molecular flexibility index (Phi) is 10.2. The van der Waals surface area contributed by atoms with Gasteiger partial charge in [0.1, 0.15) is 31.0 Å². The average Bonchev–Trinajstić information content (AvgIpc) is 2.94. The first-order valence-corrected chi connectivity index (χ1v) is 12.4. The van der Waals surface area contributed by atoms with Crippen molar-refractivity contribution in [3.8, 4) is 0 Å². The topological polar surface area (TPSA) is 72.5 Å². The van der Waals surface area contributed by atoms with Crippen molar-refractivity contribution in [2.45, 2.75) is 57.5 Å². The van der Waals surface area contributed by atoms with Crippen molar-refractivity contribution in [2.24, 2.45) is 0 Å². The molecular weight excluding hydrogens is 472 g/mol. The summed E-state index contributed by atoms with van der Waals surface area (Å²) in [6.07, 6.45) is -3.11. The van der Waals surface area contributed by atoms with E-state index in [0.717, 1.165) is 16.7 Å². The largest absolute Gasteiger partial charge is 0.463 e. The summed E-state index contributed by atoms with van der Waals surface area (Å²) in [6.45, 7) is 2.40. The molecule has 5 unspecified atom stereocenters. The predicted octanol–water partition coefficient (Wildman–Crippen LogP) is 4.68. The van der Waals surface area contributed by atoms with Crippen LogP contribution in [0.5, 0.6) is 0 Å². The molecule has 0 saturated carbocycles. The molecule has 7 heteroatoms. The van der Waals surface area contributed by atoms with Crippen LogP contribution in [0.15, 0.2) is 91.0 Å². The molecule has 1 aliphatic heterocycles. The predicted molar refractivity (Wildman–Crippen MR) is 137 cm³/mol. The van der Waals surface area contributed by atoms with Gasteiger partial charge in [0.15, 0.2) is 6.29 Å². The summed E-state index contributed by atoms with van der Waals surface area (Å²) in [5.74, 6) is -0.399. The van der Waals surface area contributed by atoms with Crippen LogP contribution in [0.25, 0.3) is 0 Å². The number of hydrogen-bond donors (Lipinski definition) is 0. The van der Waals surface area contributed by atoms with Crippen molar-refractivity contribution in [2.75, 3.05) is 13.7 Å². The van der Waals surface area contributed by atoms with Crippen molar-refractivity contribution in [3.05, 3.63) is 108 Å². The monoisotopic (exact) mass is 506 g/mol. The molecule has 0 spiro atoms. The normalized spacial score (nSPS) is 23.5. The third-order valence-corrected chi connectivity index (χ3v) is 6.13. The fraction of sp³-hybridized carbons (Fsp3) is 0.367. The molecule has 3 aromatic carbocycles. The molecule has 0 bridgehead atoms. The van der Waals surface area contributed by atoms with E-state index in [1.54, 1.807) is 7.11 Å². The van der Waals surface area contributed by atoms with E-state index in [0.29, 0.717) is 19.8 Å². The number of carbonyl (C=O) groups excluding carboxylic acids is 1. The van der Waals surface area contributed by atoms with E-state index in [-0.39, 0.29) is 6.61 Å². The lowest BCUT2D eigenvalue weighted by Crippen LogP contribution is -2.61. The van der Waals surface area contributed by atoms with Gasteiger partial charge in [0, 0.05) is 14.0 Å². The van der Waals surface area contributed by atoms with Gasteiger partial charge in [-0.1, -0.05) is 91.0 Å². The summed E-state index contributed by atoms with van der Waals surface area (Å²) in [5.41, 5.74) is 3.04. The molecule has 1 aliphatic rings. The molecule has 37 heavy (non-hydrogen) atoms. The number of hydrogen-bond acceptors (Lipinski definition) is 7. The lowest BCUT2D eigenvalue weighted by Gasteiger charge is -2.45. The highest BCUT2D eigenvalue weighted by atomic mass is 16.7. The maximum atomic E-state index is 11.6. The molecule has 0 aliphatic carbocycles. The third-order valence-electron chi connectivity index (χ3n) is 6.13. The van der Waals surface area contributed by atoms with Crippen LogP contribution in [0.2, 0.25) is 0 Å². The lowest BCUT2D eigenvalue weighted by atomic mass is 9.98. The highest BCUT2D eigenvalue weighted by molar-refractivity contribution is 5.65. The maximum absolute atomic E-state index is 11.6. The van der Waals surface area contributed by atoms with Crippen LogP contribution in [0, 0.1) is 0 Å². The quantitative estimate of drug-likeness (QED) is 0.331. The zero-order chi connectivity index (χ0) is 25.9. The van der Waals surface area contributed by atoms with Crippen LogP contribution < -0.4 is 0 Å². The van der Waals surface area contributed by atoms with Crippen LogP contribution in [0.3, 0.4) is 0 Å². The molecule has 1 heterocycles. The Labute approximate surface area is 218 Å². The van der Waals surface area contributed by atoms with Gasteiger partial charge in [0.25, 0.3) is 0 Å². The molecule has 0 aromatic heterocycles. The summed E-state index contributed by atoms with van der Waals surface area (Å²) in [4.78, 5) is 11.6. The minimum absolute atomic E-state index is 0.00521. The lowest BCUT2D eigenvalue weighted by molar-refractivity contribution is -0.321. The van der Waals surface area contributed by atoms with Crippen molar-refractivity contribution in [1.82, 2.24) is 0 Å². The van der Waals surface area contributed by atoms with Crippen LogP contribution in [0.1, 0.15) is 23.6 Å². The summed E-state index contributed by atoms with van der Waals surface area (Å²) in [6, 6.07) is 29.7. The van der Waals surface area contributed by atoms with Gasteiger partial charge in [-0.3, -0.25) is 4.79 Å². The van der Waals surface area contributed by atoms with Gasteiger partial charge in [0.05, 0.1) is 19.8 Å². The first kappa shape index (κ1) is 27.0. The van der Waals surface area contributed by atoms with E-state index in [1.165, 1.54) is 6.92 Å². The Bertz CT molecular complexity index is 1060. The second-order valence-electron chi connectivity index (χ2n) is 8.86. The van der Waals surface area contributed by atoms with Gasteiger partial charge >= 0.3 is 5.97 Å². The number of carbonyl (C=O) groups is 1. The molecule has 1 fully saturated rings. The van der Waals surface area contributed by atoms with E-state index in [1.807, 2.05) is 91.0 Å². The minimum Gasteiger partial charge on any atom is -0.463 e. The number of ether oxygens (including phenoxy) is 6. The van der Waals surface area contributed by atoms with Crippen molar-refractivity contribution in [1.29, 1.82) is 0 Å². The Morgan fingerprint density at radius 1 is 0.676 bits per heavy atom. The van der Waals surface area contributed by atoms with Crippen LogP contribution in [0.4, 0.5) is 0 Å². The van der Waals surface area contributed by atoms with E-state index in [4.69, 9.17) is 28.4 Å². The van der Waals surface area contributed by atoms with Crippen molar-refractivity contribution >= 4 is 5.97 Å². The summed E-state index contributed by atoms with van der Waals surface area (Å²) < 4.78 is 36.5. The molecule has 196 valence electrons. The molecule has 0 radical (unpaired) electrons. The van der Waals surface area contributed by atoms with Crippen molar-refractivity contribution in [3.63, 3.8) is 0 Å². The van der Waals surface area contributed by atoms with Gasteiger partial charge < -0.3 is 28.4 Å². The van der Waals surface area contributed by atoms with Gasteiger partial charge in [-0.25, -0.2) is 0 Å². The molecule has 1 saturated heterocycles. The zero-order valence-corrected chi connectivity index (χ0v) is 21.2. The van der Waals surface area contributed by atoms with E-state index < -0.39 is 36.7 Å². The SMILES string of the molecule is COC1OC(COC(C)=O)C(OCc2ccccc2)C(OCc2ccccc2)C1OCc1ccccc1. The number of rotatable bonds is 12. The number of methoxy groups -OCH3 is 1. The summed E-state index contributed by atoms with van der Waals surface area (Å²) in [5, 5.41) is 0. The minimum atomic E-state index is -0.749. The Morgan fingerprint density at radius 3 is 1.54 bits per heavy atom. The molecule has 0 N–H and O–H groups in total. The second kappa shape index (κ2) is 14.0. The fourth-order valence-electron chi connectivity index (χ4n) is 4.27. The number of benzene rings is 3. The number of esters is 1. The molecular formula is C30H34O7. The van der Waals surface area contributed by atoms with Gasteiger partial charge in [-0.05, 0) is 16.7 Å². The van der Waals surface area contributed by atoms with Crippen molar-refractivity contribution < 1.29 is 33.2 Å². The average molecular weight is 507 g/mol. The Hall–Kier alpha value is -3.07. The summed E-state index contributed by atoms with van der Waals surface area (Å²) >= 11 is 0. The third kappa shape index (κ3) is 7.95. The molecule has 5 atom stereocenters. The molecule has 7 nitrogen and oxygen atoms in total.